The monoisotopic (exact) mass is 322 g/mol. The van der Waals surface area contributed by atoms with Gasteiger partial charge >= 0.3 is 6.09 Å². The zero-order valence-electron chi connectivity index (χ0n) is 12.3. The summed E-state index contributed by atoms with van der Waals surface area (Å²) in [5.74, 6) is 5.78. The van der Waals surface area contributed by atoms with E-state index >= 15 is 0 Å². The lowest BCUT2D eigenvalue weighted by Crippen LogP contribution is -2.24. The molecule has 1 N–H and O–H groups in total. The van der Waals surface area contributed by atoms with Crippen LogP contribution in [-0.4, -0.2) is 17.8 Å². The number of aliphatic imine (C=N–C) groups is 1. The Balaban J connectivity index is 1.77. The molecule has 0 aliphatic carbocycles. The molecule has 2 rings (SSSR count). The van der Waals surface area contributed by atoms with Gasteiger partial charge in [-0.1, -0.05) is 48.2 Å². The molecule has 0 bridgehead atoms. The molecule has 0 spiro atoms. The largest absolute Gasteiger partial charge is 0.445 e. The predicted octanol–water partition coefficient (Wildman–Crippen LogP) is 3.70. The van der Waals surface area contributed by atoms with Gasteiger partial charge in [-0.3, -0.25) is 0 Å². The fourth-order valence-corrected chi connectivity index (χ4v) is 1.85. The molecule has 0 atom stereocenters. The van der Waals surface area contributed by atoms with Crippen molar-refractivity contribution in [3.05, 3.63) is 65.7 Å². The zero-order valence-corrected chi connectivity index (χ0v) is 13.1. The highest BCUT2D eigenvalue weighted by atomic mass is 32.1. The maximum absolute atomic E-state index is 11.5. The van der Waals surface area contributed by atoms with E-state index in [9.17, 15) is 4.79 Å². The maximum Gasteiger partial charge on any atom is 0.408 e. The molecule has 0 aliphatic rings. The number of carbonyl (C=O) groups excluding carboxylic acids is 1. The SMILES string of the molecule is O=C(NCC#Cc1cccc(N=C=S)c1)OCc1ccccc1. The summed E-state index contributed by atoms with van der Waals surface area (Å²) in [6.07, 6.45) is -0.498. The lowest BCUT2D eigenvalue weighted by molar-refractivity contribution is 0.141. The molecule has 0 saturated heterocycles. The minimum absolute atomic E-state index is 0.203. The number of benzene rings is 2. The summed E-state index contributed by atoms with van der Waals surface area (Å²) in [6.45, 7) is 0.437. The van der Waals surface area contributed by atoms with Crippen molar-refractivity contribution in [3.63, 3.8) is 0 Å². The lowest BCUT2D eigenvalue weighted by Gasteiger charge is -2.04. The Labute approximate surface area is 140 Å². The second kappa shape index (κ2) is 9.16. The van der Waals surface area contributed by atoms with Crippen LogP contribution in [0.3, 0.4) is 0 Å². The highest BCUT2D eigenvalue weighted by molar-refractivity contribution is 7.78. The van der Waals surface area contributed by atoms with E-state index < -0.39 is 6.09 Å². The Morgan fingerprint density at radius 1 is 1.17 bits per heavy atom. The smallest absolute Gasteiger partial charge is 0.408 e. The molecule has 2 aromatic rings. The van der Waals surface area contributed by atoms with Gasteiger partial charge in [0.25, 0.3) is 0 Å². The van der Waals surface area contributed by atoms with Gasteiger partial charge in [0.15, 0.2) is 0 Å². The third-order valence-electron chi connectivity index (χ3n) is 2.79. The molecule has 4 nitrogen and oxygen atoms in total. The topological polar surface area (TPSA) is 50.7 Å². The van der Waals surface area contributed by atoms with Gasteiger partial charge < -0.3 is 10.1 Å². The first kappa shape index (κ1) is 16.4. The van der Waals surface area contributed by atoms with E-state index in [4.69, 9.17) is 4.74 Å². The predicted molar refractivity (Wildman–Crippen MR) is 92.6 cm³/mol. The number of amides is 1. The molecule has 0 unspecified atom stereocenters. The van der Waals surface area contributed by atoms with Crippen LogP contribution in [0, 0.1) is 11.8 Å². The van der Waals surface area contributed by atoms with Crippen LogP contribution in [0.5, 0.6) is 0 Å². The van der Waals surface area contributed by atoms with Crippen molar-refractivity contribution in [2.24, 2.45) is 4.99 Å². The number of hydrogen-bond acceptors (Lipinski definition) is 4. The maximum atomic E-state index is 11.5. The molecule has 1 amide bonds. The minimum Gasteiger partial charge on any atom is -0.445 e. The number of nitrogens with zero attached hydrogens (tertiary/aromatic N) is 1. The Bertz CT molecular complexity index is 772. The number of isothiocyanates is 1. The van der Waals surface area contributed by atoms with Crippen LogP contribution in [0.15, 0.2) is 59.6 Å². The molecule has 0 fully saturated rings. The second-order valence-corrected chi connectivity index (χ2v) is 4.65. The van der Waals surface area contributed by atoms with Crippen LogP contribution in [0.1, 0.15) is 11.1 Å². The van der Waals surface area contributed by atoms with Crippen LogP contribution < -0.4 is 5.32 Å². The average molecular weight is 322 g/mol. The Kier molecular flexibility index (Phi) is 6.55. The Hall–Kier alpha value is -2.93. The van der Waals surface area contributed by atoms with Crippen LogP contribution in [0.2, 0.25) is 0 Å². The summed E-state index contributed by atoms with van der Waals surface area (Å²) >= 11 is 4.56. The van der Waals surface area contributed by atoms with Crippen molar-refractivity contribution in [2.45, 2.75) is 6.61 Å². The second-order valence-electron chi connectivity index (χ2n) is 4.47. The van der Waals surface area contributed by atoms with E-state index in [2.05, 4.69) is 39.5 Å². The van der Waals surface area contributed by atoms with Crippen LogP contribution in [-0.2, 0) is 11.3 Å². The third-order valence-corrected chi connectivity index (χ3v) is 2.88. The number of hydrogen-bond donors (Lipinski definition) is 1. The van der Waals surface area contributed by atoms with E-state index in [0.717, 1.165) is 11.1 Å². The lowest BCUT2D eigenvalue weighted by atomic mass is 10.2. The molecule has 2 aromatic carbocycles. The summed E-state index contributed by atoms with van der Waals surface area (Å²) < 4.78 is 5.08. The average Bonchev–Trinajstić information content (AvgIpc) is 2.58. The molecule has 0 heterocycles. The van der Waals surface area contributed by atoms with Crippen molar-refractivity contribution in [2.75, 3.05) is 6.54 Å². The number of ether oxygens (including phenoxy) is 1. The van der Waals surface area contributed by atoms with Gasteiger partial charge in [-0.25, -0.2) is 4.79 Å². The Morgan fingerprint density at radius 2 is 2.00 bits per heavy atom. The zero-order chi connectivity index (χ0) is 16.3. The van der Waals surface area contributed by atoms with Crippen molar-refractivity contribution in [3.8, 4) is 11.8 Å². The van der Waals surface area contributed by atoms with E-state index in [1.165, 1.54) is 0 Å². The first-order valence-electron chi connectivity index (χ1n) is 6.89. The van der Waals surface area contributed by atoms with E-state index in [1.54, 1.807) is 6.07 Å². The quantitative estimate of drug-likeness (QED) is 0.530. The molecule has 5 heteroatoms. The van der Waals surface area contributed by atoms with Gasteiger partial charge in [0.1, 0.15) is 6.61 Å². The third kappa shape index (κ3) is 6.15. The molecule has 114 valence electrons. The number of carbonyl (C=O) groups is 1. The summed E-state index contributed by atoms with van der Waals surface area (Å²) in [6, 6.07) is 16.8. The van der Waals surface area contributed by atoms with Gasteiger partial charge in [-0.2, -0.15) is 4.99 Å². The first-order valence-corrected chi connectivity index (χ1v) is 7.30. The summed E-state index contributed by atoms with van der Waals surface area (Å²) in [5.41, 5.74) is 2.42. The van der Waals surface area contributed by atoms with Crippen LogP contribution in [0.25, 0.3) is 0 Å². The van der Waals surface area contributed by atoms with E-state index in [1.807, 2.05) is 48.5 Å². The number of alkyl carbamates (subject to hydrolysis) is 1. The van der Waals surface area contributed by atoms with Crippen molar-refractivity contribution in [1.82, 2.24) is 5.32 Å². The summed E-state index contributed by atoms with van der Waals surface area (Å²) in [7, 11) is 0. The van der Waals surface area contributed by atoms with Crippen molar-refractivity contribution >= 4 is 29.2 Å². The van der Waals surface area contributed by atoms with Gasteiger partial charge in [0.05, 0.1) is 17.4 Å². The fraction of sp³-hybridized carbons (Fsp3) is 0.111. The van der Waals surface area contributed by atoms with Crippen molar-refractivity contribution < 1.29 is 9.53 Å². The number of nitrogens with one attached hydrogen (secondary N) is 1. The van der Waals surface area contributed by atoms with Gasteiger partial charge in [0.2, 0.25) is 0 Å². The Morgan fingerprint density at radius 3 is 2.78 bits per heavy atom. The standard InChI is InChI=1S/C18H14N2O2S/c21-18(22-13-16-6-2-1-3-7-16)19-11-5-9-15-8-4-10-17(12-15)20-14-23/h1-4,6-8,10,12H,11,13H2,(H,19,21). The van der Waals surface area contributed by atoms with Gasteiger partial charge in [0, 0.05) is 5.56 Å². The van der Waals surface area contributed by atoms with Crippen LogP contribution in [0.4, 0.5) is 10.5 Å². The van der Waals surface area contributed by atoms with Crippen LogP contribution >= 0.6 is 12.2 Å². The van der Waals surface area contributed by atoms with E-state index in [0.29, 0.717) is 5.69 Å². The van der Waals surface area contributed by atoms with E-state index in [-0.39, 0.29) is 13.2 Å². The molecule has 0 radical (unpaired) electrons. The molecule has 0 aliphatic heterocycles. The molecular formula is C18H14N2O2S. The molecule has 0 aromatic heterocycles. The number of thiocarbonyl (C=S) groups is 1. The summed E-state index contributed by atoms with van der Waals surface area (Å²) in [4.78, 5) is 15.4. The molecule has 23 heavy (non-hydrogen) atoms. The molecule has 0 saturated carbocycles. The normalized spacial score (nSPS) is 9.04. The van der Waals surface area contributed by atoms with Gasteiger partial charge in [-0.15, -0.1) is 0 Å². The fourth-order valence-electron chi connectivity index (χ4n) is 1.74. The minimum atomic E-state index is -0.498. The van der Waals surface area contributed by atoms with Crippen molar-refractivity contribution in [1.29, 1.82) is 0 Å². The number of rotatable bonds is 4. The highest BCUT2D eigenvalue weighted by Gasteiger charge is 2.00. The highest BCUT2D eigenvalue weighted by Crippen LogP contribution is 2.12. The first-order chi connectivity index (χ1) is 11.3. The summed E-state index contributed by atoms with van der Waals surface area (Å²) in [5, 5.41) is 4.88. The molecular weight excluding hydrogens is 308 g/mol. The van der Waals surface area contributed by atoms with Gasteiger partial charge in [-0.05, 0) is 36.0 Å².